The molecule has 0 bridgehead atoms. The van der Waals surface area contributed by atoms with Crippen LogP contribution in [0.4, 0.5) is 4.79 Å². The van der Waals surface area contributed by atoms with Gasteiger partial charge in [0.2, 0.25) is 10.0 Å². The fraction of sp³-hybridized carbons (Fsp3) is 0.480. The van der Waals surface area contributed by atoms with E-state index >= 15 is 0 Å². The normalized spacial score (nSPS) is 25.7. The Labute approximate surface area is 196 Å². The zero-order chi connectivity index (χ0) is 23.3. The number of rotatable bonds is 7. The predicted octanol–water partition coefficient (Wildman–Crippen LogP) is 3.92. The van der Waals surface area contributed by atoms with Crippen molar-refractivity contribution >= 4 is 16.1 Å². The number of sulfonamides is 1. The second-order valence-electron chi connectivity index (χ2n) is 8.78. The molecule has 1 N–H and O–H groups in total. The first-order valence-electron chi connectivity index (χ1n) is 11.6. The van der Waals surface area contributed by atoms with Gasteiger partial charge in [-0.15, -0.1) is 0 Å². The van der Waals surface area contributed by atoms with E-state index in [0.29, 0.717) is 18.9 Å². The molecule has 2 aromatic rings. The largest absolute Gasteiger partial charge is 0.453 e. The number of hydrogen-bond donors (Lipinski definition) is 1. The van der Waals surface area contributed by atoms with Crippen molar-refractivity contribution in [3.63, 3.8) is 0 Å². The predicted molar refractivity (Wildman–Crippen MR) is 125 cm³/mol. The standard InChI is InChI=1S/C25H32N2O5S/c1-31-25(28)27-17-16-23(26-33(29,30)22-10-6-3-7-11-22)24(27)18-32-21-14-12-20(13-15-21)19-8-4-2-5-9-19/h2-11,20-21,23-24,26H,12-18H2,1H3/t20?,21?,23-,24?/m0/s1. The van der Waals surface area contributed by atoms with Gasteiger partial charge in [-0.05, 0) is 55.7 Å². The molecular formula is C25H32N2O5S. The maximum atomic E-state index is 12.9. The number of nitrogens with one attached hydrogen (secondary N) is 1. The van der Waals surface area contributed by atoms with Crippen molar-refractivity contribution in [1.29, 1.82) is 0 Å². The third kappa shape index (κ3) is 5.75. The van der Waals surface area contributed by atoms with E-state index in [1.807, 2.05) is 6.07 Å². The number of carbonyl (C=O) groups is 1. The summed E-state index contributed by atoms with van der Waals surface area (Å²) in [5.74, 6) is 0.550. The summed E-state index contributed by atoms with van der Waals surface area (Å²) in [6.45, 7) is 0.696. The van der Waals surface area contributed by atoms with Gasteiger partial charge >= 0.3 is 6.09 Å². The Kier molecular flexibility index (Phi) is 7.67. The molecule has 2 aromatic carbocycles. The maximum absolute atomic E-state index is 12.9. The minimum absolute atomic E-state index is 0.108. The lowest BCUT2D eigenvalue weighted by atomic mass is 9.83. The Morgan fingerprint density at radius 2 is 1.61 bits per heavy atom. The monoisotopic (exact) mass is 472 g/mol. The lowest BCUT2D eigenvalue weighted by Crippen LogP contribution is -2.49. The molecule has 1 saturated carbocycles. The van der Waals surface area contributed by atoms with Crippen molar-refractivity contribution in [3.8, 4) is 0 Å². The summed E-state index contributed by atoms with van der Waals surface area (Å²) < 4.78 is 39.7. The van der Waals surface area contributed by atoms with Gasteiger partial charge in [0.1, 0.15) is 0 Å². The van der Waals surface area contributed by atoms with Gasteiger partial charge in [0.25, 0.3) is 0 Å². The first-order valence-corrected chi connectivity index (χ1v) is 13.0. The van der Waals surface area contributed by atoms with Crippen LogP contribution in [-0.2, 0) is 19.5 Å². The molecule has 1 heterocycles. The minimum Gasteiger partial charge on any atom is -0.453 e. The van der Waals surface area contributed by atoms with E-state index in [9.17, 15) is 13.2 Å². The van der Waals surface area contributed by atoms with Crippen LogP contribution < -0.4 is 4.72 Å². The molecule has 33 heavy (non-hydrogen) atoms. The lowest BCUT2D eigenvalue weighted by Gasteiger charge is -2.32. The van der Waals surface area contributed by atoms with Gasteiger partial charge in [-0.25, -0.2) is 17.9 Å². The van der Waals surface area contributed by atoms with Crippen molar-refractivity contribution in [2.75, 3.05) is 20.3 Å². The van der Waals surface area contributed by atoms with Crippen LogP contribution in [-0.4, -0.2) is 57.9 Å². The summed E-state index contributed by atoms with van der Waals surface area (Å²) in [4.78, 5) is 14.1. The van der Waals surface area contributed by atoms with Gasteiger partial charge in [0, 0.05) is 12.6 Å². The number of hydrogen-bond acceptors (Lipinski definition) is 5. The molecule has 2 atom stereocenters. The van der Waals surface area contributed by atoms with Crippen molar-refractivity contribution < 1.29 is 22.7 Å². The quantitative estimate of drug-likeness (QED) is 0.660. The summed E-state index contributed by atoms with van der Waals surface area (Å²) in [6.07, 6.45) is 4.18. The highest BCUT2D eigenvalue weighted by atomic mass is 32.2. The molecule has 7 nitrogen and oxygen atoms in total. The molecule has 1 aliphatic carbocycles. The molecule has 2 aliphatic rings. The van der Waals surface area contributed by atoms with Crippen LogP contribution in [0, 0.1) is 0 Å². The van der Waals surface area contributed by atoms with E-state index in [4.69, 9.17) is 9.47 Å². The third-order valence-corrected chi connectivity index (χ3v) is 8.27. The molecule has 1 saturated heterocycles. The third-order valence-electron chi connectivity index (χ3n) is 6.76. The van der Waals surface area contributed by atoms with Gasteiger partial charge in [0.15, 0.2) is 0 Å². The number of benzene rings is 2. The molecule has 178 valence electrons. The second-order valence-corrected chi connectivity index (χ2v) is 10.5. The van der Waals surface area contributed by atoms with Gasteiger partial charge in [-0.1, -0.05) is 48.5 Å². The van der Waals surface area contributed by atoms with Crippen LogP contribution in [0.2, 0.25) is 0 Å². The number of likely N-dealkylation sites (tertiary alicyclic amines) is 1. The molecule has 0 aromatic heterocycles. The van der Waals surface area contributed by atoms with Crippen molar-refractivity contribution in [2.45, 2.75) is 61.1 Å². The fourth-order valence-corrected chi connectivity index (χ4v) is 6.26. The van der Waals surface area contributed by atoms with Crippen LogP contribution >= 0.6 is 0 Å². The summed E-state index contributed by atoms with van der Waals surface area (Å²) >= 11 is 0. The molecule has 0 radical (unpaired) electrons. The SMILES string of the molecule is COC(=O)N1CC[C@H](NS(=O)(=O)c2ccccc2)C1COC1CCC(c2ccccc2)CC1. The van der Waals surface area contributed by atoms with Crippen LogP contribution in [0.1, 0.15) is 43.6 Å². The molecule has 0 spiro atoms. The lowest BCUT2D eigenvalue weighted by molar-refractivity contribution is -0.00535. The zero-order valence-electron chi connectivity index (χ0n) is 18.9. The molecular weight excluding hydrogens is 440 g/mol. The number of methoxy groups -OCH3 is 1. The first kappa shape index (κ1) is 23.7. The molecule has 4 rings (SSSR count). The van der Waals surface area contributed by atoms with Gasteiger partial charge in [-0.3, -0.25) is 0 Å². The highest BCUT2D eigenvalue weighted by molar-refractivity contribution is 7.89. The summed E-state index contributed by atoms with van der Waals surface area (Å²) in [5, 5.41) is 0. The van der Waals surface area contributed by atoms with E-state index in [-0.39, 0.29) is 17.6 Å². The van der Waals surface area contributed by atoms with Crippen molar-refractivity contribution in [1.82, 2.24) is 9.62 Å². The van der Waals surface area contributed by atoms with Crippen LogP contribution in [0.3, 0.4) is 0 Å². The Morgan fingerprint density at radius 3 is 2.24 bits per heavy atom. The van der Waals surface area contributed by atoms with Crippen molar-refractivity contribution in [3.05, 3.63) is 66.2 Å². The molecule has 1 aliphatic heterocycles. The number of nitrogens with zero attached hydrogens (tertiary/aromatic N) is 1. The molecule has 1 amide bonds. The van der Waals surface area contributed by atoms with E-state index < -0.39 is 28.2 Å². The summed E-state index contributed by atoms with van der Waals surface area (Å²) in [6, 6.07) is 18.0. The Morgan fingerprint density at radius 1 is 0.970 bits per heavy atom. The first-order chi connectivity index (χ1) is 16.0. The van der Waals surface area contributed by atoms with Gasteiger partial charge in [0.05, 0.1) is 30.8 Å². The fourth-order valence-electron chi connectivity index (χ4n) is 4.93. The Balaban J connectivity index is 1.38. The van der Waals surface area contributed by atoms with Gasteiger partial charge < -0.3 is 14.4 Å². The summed E-state index contributed by atoms with van der Waals surface area (Å²) in [5.41, 5.74) is 1.37. The highest BCUT2D eigenvalue weighted by Gasteiger charge is 2.40. The summed E-state index contributed by atoms with van der Waals surface area (Å²) in [7, 11) is -2.36. The Bertz CT molecular complexity index is 1010. The highest BCUT2D eigenvalue weighted by Crippen LogP contribution is 2.34. The van der Waals surface area contributed by atoms with E-state index in [1.54, 1.807) is 35.2 Å². The molecule has 2 fully saturated rings. The number of carbonyl (C=O) groups excluding carboxylic acids is 1. The average molecular weight is 473 g/mol. The van der Waals surface area contributed by atoms with E-state index in [0.717, 1.165) is 25.7 Å². The number of ether oxygens (including phenoxy) is 2. The van der Waals surface area contributed by atoms with Crippen LogP contribution in [0.5, 0.6) is 0 Å². The average Bonchev–Trinajstić information content (AvgIpc) is 3.25. The van der Waals surface area contributed by atoms with Crippen molar-refractivity contribution in [2.24, 2.45) is 0 Å². The maximum Gasteiger partial charge on any atom is 0.409 e. The smallest absolute Gasteiger partial charge is 0.409 e. The number of amides is 1. The molecule has 1 unspecified atom stereocenters. The van der Waals surface area contributed by atoms with Crippen LogP contribution in [0.25, 0.3) is 0 Å². The van der Waals surface area contributed by atoms with E-state index in [1.165, 1.54) is 12.7 Å². The van der Waals surface area contributed by atoms with E-state index in [2.05, 4.69) is 29.0 Å². The Hall–Kier alpha value is -2.42. The topological polar surface area (TPSA) is 84.9 Å². The second kappa shape index (κ2) is 10.7. The zero-order valence-corrected chi connectivity index (χ0v) is 19.7. The minimum atomic E-state index is -3.70. The molecule has 8 heteroatoms. The van der Waals surface area contributed by atoms with Crippen LogP contribution in [0.15, 0.2) is 65.6 Å². The van der Waals surface area contributed by atoms with Gasteiger partial charge in [-0.2, -0.15) is 0 Å².